The number of hydrogen-bond acceptors (Lipinski definition) is 4. The molecule has 3 rings (SSSR count). The Labute approximate surface area is 221 Å². The van der Waals surface area contributed by atoms with Crippen molar-refractivity contribution in [2.45, 2.75) is 71.1 Å². The van der Waals surface area contributed by atoms with Crippen LogP contribution in [-0.2, 0) is 22.5 Å². The van der Waals surface area contributed by atoms with Crippen LogP contribution in [0.4, 0.5) is 0 Å². The van der Waals surface area contributed by atoms with Gasteiger partial charge in [0, 0.05) is 41.8 Å². The Hall–Kier alpha value is -2.93. The van der Waals surface area contributed by atoms with Crippen molar-refractivity contribution in [2.24, 2.45) is 5.73 Å². The van der Waals surface area contributed by atoms with Gasteiger partial charge in [0.05, 0.1) is 12.2 Å². The summed E-state index contributed by atoms with van der Waals surface area (Å²) < 4.78 is 6.58. The molecule has 2 unspecified atom stereocenters. The van der Waals surface area contributed by atoms with Gasteiger partial charge in [0.1, 0.15) is 0 Å². The van der Waals surface area contributed by atoms with Crippen LogP contribution in [0.5, 0.6) is 0 Å². The van der Waals surface area contributed by atoms with Gasteiger partial charge < -0.3 is 20.6 Å². The lowest BCUT2D eigenvalue weighted by Crippen LogP contribution is -2.51. The molecule has 200 valence electrons. The summed E-state index contributed by atoms with van der Waals surface area (Å²) in [5, 5.41) is 10.2. The monoisotopic (exact) mass is 505 g/mol. The minimum Gasteiger partial charge on any atom is -0.478 e. The Morgan fingerprint density at radius 1 is 1.11 bits per heavy atom. The van der Waals surface area contributed by atoms with Crippen molar-refractivity contribution in [3.8, 4) is 0 Å². The van der Waals surface area contributed by atoms with E-state index >= 15 is 0 Å². The minimum absolute atomic E-state index is 0.168. The quantitative estimate of drug-likeness (QED) is 0.220. The Morgan fingerprint density at radius 3 is 2.49 bits per heavy atom. The number of aliphatic carboxylic acids is 1. The highest BCUT2D eigenvalue weighted by atomic mass is 16.5. The zero-order valence-electron chi connectivity index (χ0n) is 22.8. The number of carbonyl (C=O) groups is 1. The number of nitrogens with one attached hydrogen (secondary N) is 1. The van der Waals surface area contributed by atoms with Gasteiger partial charge in [-0.05, 0) is 74.9 Å². The maximum Gasteiger partial charge on any atom is 0.328 e. The average molecular weight is 506 g/mol. The highest BCUT2D eigenvalue weighted by Crippen LogP contribution is 2.29. The first kappa shape index (κ1) is 28.6. The van der Waals surface area contributed by atoms with Gasteiger partial charge in [0.2, 0.25) is 0 Å². The molecule has 0 amide bonds. The van der Waals surface area contributed by atoms with Gasteiger partial charge in [-0.25, -0.2) is 4.79 Å². The first-order valence-electron chi connectivity index (χ1n) is 13.4. The smallest absolute Gasteiger partial charge is 0.328 e. The molecule has 0 saturated carbocycles. The second kappa shape index (κ2) is 13.0. The Bertz CT molecular complexity index is 1170. The molecule has 0 radical (unpaired) electrons. The van der Waals surface area contributed by atoms with E-state index in [1.54, 1.807) is 6.08 Å². The van der Waals surface area contributed by atoms with E-state index in [1.807, 2.05) is 12.1 Å². The molecule has 0 spiro atoms. The van der Waals surface area contributed by atoms with Crippen LogP contribution in [-0.4, -0.2) is 51.8 Å². The predicted molar refractivity (Wildman–Crippen MR) is 153 cm³/mol. The molecule has 0 saturated heterocycles. The second-order valence-electron chi connectivity index (χ2n) is 10.4. The number of fused-ring (bicyclic) bond motifs is 1. The number of nitrogens with zero attached hydrogens (tertiary/aromatic N) is 1. The maximum absolute atomic E-state index is 10.9. The van der Waals surface area contributed by atoms with Gasteiger partial charge in [-0.1, -0.05) is 56.3 Å². The van der Waals surface area contributed by atoms with Gasteiger partial charge in [-0.15, -0.1) is 0 Å². The van der Waals surface area contributed by atoms with Crippen molar-refractivity contribution in [2.75, 3.05) is 19.7 Å². The normalized spacial score (nSPS) is 15.3. The molecule has 3 aromatic rings. The fourth-order valence-corrected chi connectivity index (χ4v) is 4.66. The molecule has 1 aromatic heterocycles. The fourth-order valence-electron chi connectivity index (χ4n) is 4.66. The van der Waals surface area contributed by atoms with Crippen LogP contribution in [0.3, 0.4) is 0 Å². The molecule has 4 N–H and O–H groups in total. The van der Waals surface area contributed by atoms with Crippen molar-refractivity contribution in [1.29, 1.82) is 0 Å². The number of nitrogens with two attached hydrogens (primary N) is 1. The van der Waals surface area contributed by atoms with Crippen LogP contribution in [0.1, 0.15) is 63.6 Å². The number of H-pyrrole nitrogens is 1. The molecule has 1 heterocycles. The number of carboxylic acids is 1. The van der Waals surface area contributed by atoms with Crippen LogP contribution in [0.25, 0.3) is 17.0 Å². The number of benzene rings is 2. The van der Waals surface area contributed by atoms with E-state index in [0.29, 0.717) is 13.2 Å². The van der Waals surface area contributed by atoms with E-state index < -0.39 is 5.97 Å². The van der Waals surface area contributed by atoms with Gasteiger partial charge in [-0.2, -0.15) is 0 Å². The van der Waals surface area contributed by atoms with Crippen molar-refractivity contribution >= 4 is 22.9 Å². The minimum atomic E-state index is -0.944. The summed E-state index contributed by atoms with van der Waals surface area (Å²) in [5.41, 5.74) is 10.0. The lowest BCUT2D eigenvalue weighted by atomic mass is 9.93. The SMILES string of the molecule is CCC(C)(CCN)OCC(C)(CC)N(CCc1c[nH]c2ccccc12)Cc1ccc(/C=C/C(=O)O)cc1. The third-order valence-corrected chi connectivity index (χ3v) is 7.78. The van der Waals surface area contributed by atoms with Crippen LogP contribution in [0.2, 0.25) is 0 Å². The molecular weight excluding hydrogens is 462 g/mol. The average Bonchev–Trinajstić information content (AvgIpc) is 3.32. The van der Waals surface area contributed by atoms with Crippen molar-refractivity contribution in [3.63, 3.8) is 0 Å². The van der Waals surface area contributed by atoms with Crippen LogP contribution >= 0.6 is 0 Å². The summed E-state index contributed by atoms with van der Waals surface area (Å²) in [4.78, 5) is 16.8. The van der Waals surface area contributed by atoms with Crippen molar-refractivity contribution in [1.82, 2.24) is 9.88 Å². The summed E-state index contributed by atoms with van der Waals surface area (Å²) >= 11 is 0. The van der Waals surface area contributed by atoms with E-state index in [4.69, 9.17) is 15.6 Å². The van der Waals surface area contributed by atoms with E-state index in [9.17, 15) is 4.79 Å². The highest BCUT2D eigenvalue weighted by Gasteiger charge is 2.34. The third kappa shape index (κ3) is 7.78. The number of aromatic nitrogens is 1. The predicted octanol–water partition coefficient (Wildman–Crippen LogP) is 6.01. The zero-order valence-corrected chi connectivity index (χ0v) is 22.8. The Morgan fingerprint density at radius 2 is 1.84 bits per heavy atom. The molecule has 0 aliphatic rings. The molecule has 2 atom stereocenters. The molecular formula is C31H43N3O3. The van der Waals surface area contributed by atoms with Crippen LogP contribution in [0, 0.1) is 0 Å². The molecule has 6 nitrogen and oxygen atoms in total. The van der Waals surface area contributed by atoms with Gasteiger partial charge in [0.15, 0.2) is 0 Å². The summed E-state index contributed by atoms with van der Waals surface area (Å²) in [6, 6.07) is 16.6. The Kier molecular flexibility index (Phi) is 10.1. The largest absolute Gasteiger partial charge is 0.478 e. The number of hydrogen-bond donors (Lipinski definition) is 3. The number of rotatable bonds is 15. The number of para-hydroxylation sites is 1. The molecule has 0 fully saturated rings. The molecule has 0 bridgehead atoms. The van der Waals surface area contributed by atoms with E-state index in [0.717, 1.165) is 49.9 Å². The highest BCUT2D eigenvalue weighted by molar-refractivity contribution is 5.85. The Balaban J connectivity index is 1.83. The molecule has 0 aliphatic carbocycles. The van der Waals surface area contributed by atoms with Gasteiger partial charge in [0.25, 0.3) is 0 Å². The number of ether oxygens (including phenoxy) is 1. The first-order chi connectivity index (χ1) is 17.7. The van der Waals surface area contributed by atoms with Crippen LogP contribution in [0.15, 0.2) is 60.8 Å². The van der Waals surface area contributed by atoms with Gasteiger partial charge in [-0.3, -0.25) is 4.90 Å². The third-order valence-electron chi connectivity index (χ3n) is 7.78. The van der Waals surface area contributed by atoms with Crippen LogP contribution < -0.4 is 5.73 Å². The number of carboxylic acid groups (broad SMARTS) is 1. The first-order valence-corrected chi connectivity index (χ1v) is 13.4. The summed E-state index contributed by atoms with van der Waals surface area (Å²) in [7, 11) is 0. The molecule has 37 heavy (non-hydrogen) atoms. The summed E-state index contributed by atoms with van der Waals surface area (Å²) in [6.45, 7) is 11.7. The molecule has 0 aliphatic heterocycles. The second-order valence-corrected chi connectivity index (χ2v) is 10.4. The van der Waals surface area contributed by atoms with E-state index in [-0.39, 0.29) is 11.1 Å². The van der Waals surface area contributed by atoms with E-state index in [1.165, 1.54) is 22.6 Å². The fraction of sp³-hybridized carbons (Fsp3) is 0.452. The summed E-state index contributed by atoms with van der Waals surface area (Å²) in [6.07, 6.45) is 8.54. The topological polar surface area (TPSA) is 91.6 Å². The van der Waals surface area contributed by atoms with Gasteiger partial charge >= 0.3 is 5.97 Å². The summed E-state index contributed by atoms with van der Waals surface area (Å²) in [5.74, 6) is -0.944. The van der Waals surface area contributed by atoms with Crippen molar-refractivity contribution < 1.29 is 14.6 Å². The molecule has 2 aromatic carbocycles. The maximum atomic E-state index is 10.9. The zero-order chi connectivity index (χ0) is 26.9. The van der Waals surface area contributed by atoms with E-state index in [2.05, 4.69) is 80.2 Å². The lowest BCUT2D eigenvalue weighted by molar-refractivity contribution is -0.131. The van der Waals surface area contributed by atoms with Crippen molar-refractivity contribution in [3.05, 3.63) is 77.5 Å². The number of aromatic amines is 1. The standard InChI is InChI=1S/C31H43N3O3/c1-5-30(3,23-37-31(4,6-2)18-19-32)34(20-17-26-21-33-28-10-8-7-9-27(26)28)22-25-13-11-24(12-14-25)15-16-29(35)36/h7-16,21,33H,5-6,17-20,22-23,32H2,1-4H3,(H,35,36)/b16-15+. The lowest BCUT2D eigenvalue weighted by Gasteiger charge is -2.43. The molecule has 6 heteroatoms.